The molecule has 8 bridgehead atoms. The molecule has 0 unspecified atom stereocenters. The van der Waals surface area contributed by atoms with E-state index in [1.165, 1.54) is 22.3 Å². The summed E-state index contributed by atoms with van der Waals surface area (Å²) in [6.07, 6.45) is 4.08. The molecule has 0 fully saturated rings. The van der Waals surface area contributed by atoms with Crippen LogP contribution in [0.3, 0.4) is 0 Å². The van der Waals surface area contributed by atoms with Gasteiger partial charge in [-0.1, -0.05) is 24.3 Å². The number of fused-ring (bicyclic) bond motifs is 11. The first-order valence-electron chi connectivity index (χ1n) is 9.39. The summed E-state index contributed by atoms with van der Waals surface area (Å²) >= 11 is 0. The van der Waals surface area contributed by atoms with Crippen LogP contribution < -0.4 is 0 Å². The number of aromatic amines is 2. The first-order valence-corrected chi connectivity index (χ1v) is 9.39. The Bertz CT molecular complexity index is 1310. The van der Waals surface area contributed by atoms with E-state index in [0.29, 0.717) is 0 Å². The highest BCUT2D eigenvalue weighted by molar-refractivity contribution is 5.92. The topological polar surface area (TPSA) is 44.5 Å². The normalized spacial score (nSPS) is 12.1. The molecule has 1 aliphatic carbocycles. The molecule has 2 aliphatic rings. The number of hydrogen-bond acceptors (Lipinski definition) is 1. The third kappa shape index (κ3) is 2.57. The van der Waals surface area contributed by atoms with Gasteiger partial charge in [0.1, 0.15) is 0 Å². The van der Waals surface area contributed by atoms with Gasteiger partial charge in [0.2, 0.25) is 0 Å². The van der Waals surface area contributed by atoms with Gasteiger partial charge in [0, 0.05) is 22.1 Å². The molecule has 1 aliphatic heterocycles. The molecule has 28 heavy (non-hydrogen) atoms. The third-order valence-electron chi connectivity index (χ3n) is 5.23. The Labute approximate surface area is 162 Å². The minimum absolute atomic E-state index is 0.950. The predicted octanol–water partition coefficient (Wildman–Crippen LogP) is 6.42. The van der Waals surface area contributed by atoms with Crippen molar-refractivity contribution in [2.24, 2.45) is 0 Å². The molecule has 3 nitrogen and oxygen atoms in total. The van der Waals surface area contributed by atoms with Crippen LogP contribution in [-0.2, 0) is 0 Å². The molecule has 2 N–H and O–H groups in total. The van der Waals surface area contributed by atoms with Crippen LogP contribution in [-0.4, -0.2) is 15.0 Å². The first kappa shape index (κ1) is 15.2. The molecule has 0 saturated carbocycles. The van der Waals surface area contributed by atoms with Crippen molar-refractivity contribution >= 4 is 34.2 Å². The summed E-state index contributed by atoms with van der Waals surface area (Å²) in [6.45, 7) is 0. The Kier molecular flexibility index (Phi) is 3.17. The Morgan fingerprint density at radius 1 is 0.500 bits per heavy atom. The van der Waals surface area contributed by atoms with Crippen molar-refractivity contribution in [3.05, 3.63) is 90.3 Å². The fourth-order valence-electron chi connectivity index (χ4n) is 3.95. The molecule has 6 rings (SSSR count). The number of H-pyrrole nitrogens is 2. The van der Waals surface area contributed by atoms with Crippen LogP contribution in [0, 0.1) is 0 Å². The van der Waals surface area contributed by atoms with E-state index in [1.54, 1.807) is 0 Å². The zero-order valence-corrected chi connectivity index (χ0v) is 15.1. The molecule has 0 radical (unpaired) electrons. The lowest BCUT2D eigenvalue weighted by molar-refractivity contribution is 1.32. The first-order chi connectivity index (χ1) is 13.8. The highest BCUT2D eigenvalue weighted by Crippen LogP contribution is 2.38. The molecule has 0 saturated heterocycles. The van der Waals surface area contributed by atoms with Crippen molar-refractivity contribution in [1.82, 2.24) is 15.0 Å². The maximum atomic E-state index is 4.69. The van der Waals surface area contributed by atoms with Gasteiger partial charge in [0.25, 0.3) is 0 Å². The lowest BCUT2D eigenvalue weighted by Crippen LogP contribution is -1.74. The molecule has 0 spiro atoms. The van der Waals surface area contributed by atoms with E-state index in [4.69, 9.17) is 4.98 Å². The second-order valence-corrected chi connectivity index (χ2v) is 7.21. The molecule has 3 aromatic heterocycles. The number of hydrogen-bond donors (Lipinski definition) is 2. The van der Waals surface area contributed by atoms with E-state index < -0.39 is 0 Å². The zero-order valence-electron chi connectivity index (χ0n) is 15.1. The van der Waals surface area contributed by atoms with Gasteiger partial charge in [0.05, 0.1) is 11.4 Å². The Balaban J connectivity index is 1.73. The molecule has 4 heterocycles. The summed E-state index contributed by atoms with van der Waals surface area (Å²) in [5.41, 5.74) is 11.1. The third-order valence-corrected chi connectivity index (χ3v) is 5.23. The maximum absolute atomic E-state index is 4.69. The molecule has 4 aromatic rings. The van der Waals surface area contributed by atoms with Crippen LogP contribution in [0.25, 0.3) is 56.5 Å². The van der Waals surface area contributed by atoms with E-state index in [2.05, 4.69) is 88.8 Å². The van der Waals surface area contributed by atoms with Crippen LogP contribution in [0.5, 0.6) is 0 Å². The van der Waals surface area contributed by atoms with Crippen molar-refractivity contribution in [3.8, 4) is 22.3 Å². The second kappa shape index (κ2) is 5.83. The van der Waals surface area contributed by atoms with E-state index in [-0.39, 0.29) is 0 Å². The minimum Gasteiger partial charge on any atom is -0.355 e. The van der Waals surface area contributed by atoms with Gasteiger partial charge < -0.3 is 9.97 Å². The molecule has 132 valence electrons. The SMILES string of the molecule is C1=Cc2cc3ccc(cc4cc(cc5ccc(cc1n2)[nH]5)-c1ccccc1-4)[nH]3. The molecular weight excluding hydrogens is 342 g/mol. The average molecular weight is 359 g/mol. The van der Waals surface area contributed by atoms with E-state index >= 15 is 0 Å². The van der Waals surface area contributed by atoms with Crippen molar-refractivity contribution in [2.75, 3.05) is 0 Å². The Morgan fingerprint density at radius 3 is 1.46 bits per heavy atom. The van der Waals surface area contributed by atoms with E-state index in [0.717, 1.165) is 33.5 Å². The molecule has 0 atom stereocenters. The van der Waals surface area contributed by atoms with Crippen LogP contribution in [0.1, 0.15) is 11.4 Å². The average Bonchev–Trinajstić information content (AvgIpc) is 3.47. The predicted molar refractivity (Wildman–Crippen MR) is 117 cm³/mol. The number of nitrogens with one attached hydrogen (secondary N) is 2. The fraction of sp³-hybridized carbons (Fsp3) is 0. The summed E-state index contributed by atoms with van der Waals surface area (Å²) in [5, 5.41) is 0. The summed E-state index contributed by atoms with van der Waals surface area (Å²) in [4.78, 5) is 11.7. The summed E-state index contributed by atoms with van der Waals surface area (Å²) in [6, 6.07) is 27.8. The van der Waals surface area contributed by atoms with Gasteiger partial charge in [-0.3, -0.25) is 0 Å². The summed E-state index contributed by atoms with van der Waals surface area (Å²) in [5.74, 6) is 0. The van der Waals surface area contributed by atoms with Gasteiger partial charge in [-0.25, -0.2) is 4.98 Å². The largest absolute Gasteiger partial charge is 0.355 e. The highest BCUT2D eigenvalue weighted by Gasteiger charge is 2.13. The quantitative estimate of drug-likeness (QED) is 0.323. The fourth-order valence-corrected chi connectivity index (χ4v) is 3.95. The smallest absolute Gasteiger partial charge is 0.0658 e. The zero-order chi connectivity index (χ0) is 18.5. The van der Waals surface area contributed by atoms with Crippen LogP contribution in [0.2, 0.25) is 0 Å². The minimum atomic E-state index is 0.950. The van der Waals surface area contributed by atoms with Gasteiger partial charge in [-0.05, 0) is 89.0 Å². The summed E-state index contributed by atoms with van der Waals surface area (Å²) in [7, 11) is 0. The Morgan fingerprint density at radius 2 is 0.964 bits per heavy atom. The van der Waals surface area contributed by atoms with Crippen LogP contribution in [0.15, 0.2) is 78.9 Å². The number of nitrogens with zero attached hydrogens (tertiary/aromatic N) is 1. The van der Waals surface area contributed by atoms with Crippen molar-refractivity contribution in [1.29, 1.82) is 0 Å². The van der Waals surface area contributed by atoms with Gasteiger partial charge in [-0.15, -0.1) is 0 Å². The molecular formula is C25H17N3. The van der Waals surface area contributed by atoms with Crippen molar-refractivity contribution in [2.45, 2.75) is 0 Å². The second-order valence-electron chi connectivity index (χ2n) is 7.21. The number of rotatable bonds is 0. The van der Waals surface area contributed by atoms with Crippen LogP contribution in [0.4, 0.5) is 0 Å². The van der Waals surface area contributed by atoms with E-state index in [9.17, 15) is 0 Å². The van der Waals surface area contributed by atoms with Gasteiger partial charge in [0.15, 0.2) is 0 Å². The lowest BCUT2D eigenvalue weighted by Gasteiger charge is -1.99. The number of benzene rings is 1. The standard InChI is InChI=1S/C25H17N3/c1-2-4-25-17-11-16(24(25)3-1)12-18-5-7-20(26-18)14-22-9-10-23(28-22)15-21-8-6-19(13-17)27-21/h1-15,26-27H. The van der Waals surface area contributed by atoms with E-state index in [1.807, 2.05) is 12.2 Å². The molecule has 1 aromatic carbocycles. The maximum Gasteiger partial charge on any atom is 0.0658 e. The van der Waals surface area contributed by atoms with Crippen molar-refractivity contribution < 1.29 is 0 Å². The number of aromatic nitrogens is 3. The monoisotopic (exact) mass is 359 g/mol. The lowest BCUT2D eigenvalue weighted by atomic mass is 10.1. The molecule has 0 amide bonds. The highest BCUT2D eigenvalue weighted by atomic mass is 14.7. The van der Waals surface area contributed by atoms with Crippen molar-refractivity contribution in [3.63, 3.8) is 0 Å². The summed E-state index contributed by atoms with van der Waals surface area (Å²) < 4.78 is 0. The van der Waals surface area contributed by atoms with Gasteiger partial charge in [-0.2, -0.15) is 0 Å². The Hall–Kier alpha value is -3.85. The van der Waals surface area contributed by atoms with Gasteiger partial charge >= 0.3 is 0 Å². The molecule has 3 heteroatoms. The van der Waals surface area contributed by atoms with Crippen LogP contribution >= 0.6 is 0 Å².